The number of nitrogens with zero attached hydrogens (tertiary/aromatic N) is 1. The molecule has 1 aliphatic carbocycles. The van der Waals surface area contributed by atoms with E-state index in [-0.39, 0.29) is 5.91 Å². The van der Waals surface area contributed by atoms with Crippen molar-refractivity contribution < 1.29 is 4.79 Å². The maximum absolute atomic E-state index is 12.3. The van der Waals surface area contributed by atoms with Crippen LogP contribution in [0, 0.1) is 5.92 Å². The zero-order valence-electron chi connectivity index (χ0n) is 12.3. The van der Waals surface area contributed by atoms with Crippen LogP contribution in [-0.4, -0.2) is 24.0 Å². The minimum absolute atomic E-state index is 0.0118. The molecule has 1 amide bonds. The fraction of sp³-hybridized carbons (Fsp3) is 0.625. The Labute approximate surface area is 121 Å². The molecule has 1 heterocycles. The molecule has 0 saturated heterocycles. The summed E-state index contributed by atoms with van der Waals surface area (Å²) in [5, 5.41) is 6.28. The van der Waals surface area contributed by atoms with Crippen molar-refractivity contribution in [2.24, 2.45) is 5.92 Å². The van der Waals surface area contributed by atoms with Crippen LogP contribution in [0.4, 0.5) is 5.82 Å². The van der Waals surface area contributed by atoms with E-state index in [2.05, 4.69) is 22.5 Å². The third-order valence-corrected chi connectivity index (χ3v) is 3.87. The Hall–Kier alpha value is -1.58. The van der Waals surface area contributed by atoms with Crippen molar-refractivity contribution in [3.05, 3.63) is 23.9 Å². The van der Waals surface area contributed by atoms with Crippen molar-refractivity contribution in [3.8, 4) is 0 Å². The van der Waals surface area contributed by atoms with Gasteiger partial charge in [-0.1, -0.05) is 26.2 Å². The molecule has 0 aromatic carbocycles. The number of pyridine rings is 1. The van der Waals surface area contributed by atoms with Gasteiger partial charge in [0.1, 0.15) is 5.82 Å². The molecule has 0 atom stereocenters. The number of hydrogen-bond donors (Lipinski definition) is 2. The van der Waals surface area contributed by atoms with Gasteiger partial charge in [-0.3, -0.25) is 4.79 Å². The molecule has 0 unspecified atom stereocenters. The standard InChI is InChI=1S/C16H25N3O/c1-2-10-17-15-14(9-6-11-18-15)16(20)19-12-13-7-4-3-5-8-13/h6,9,11,13H,2-5,7-8,10,12H2,1H3,(H,17,18)(H,19,20). The van der Waals surface area contributed by atoms with Crippen LogP contribution >= 0.6 is 0 Å². The lowest BCUT2D eigenvalue weighted by molar-refractivity contribution is 0.0944. The van der Waals surface area contributed by atoms with E-state index in [1.165, 1.54) is 32.1 Å². The molecular formula is C16H25N3O. The lowest BCUT2D eigenvalue weighted by atomic mass is 9.89. The lowest BCUT2D eigenvalue weighted by Gasteiger charge is -2.22. The smallest absolute Gasteiger partial charge is 0.255 e. The Kier molecular flexibility index (Phi) is 5.84. The van der Waals surface area contributed by atoms with Crippen LogP contribution in [0.3, 0.4) is 0 Å². The van der Waals surface area contributed by atoms with Crippen LogP contribution < -0.4 is 10.6 Å². The summed E-state index contributed by atoms with van der Waals surface area (Å²) in [7, 11) is 0. The Bertz CT molecular complexity index is 427. The molecule has 2 rings (SSSR count). The molecule has 1 aromatic rings. The van der Waals surface area contributed by atoms with Crippen LogP contribution in [0.1, 0.15) is 55.8 Å². The summed E-state index contributed by atoms with van der Waals surface area (Å²) in [5.74, 6) is 1.33. The molecular weight excluding hydrogens is 250 g/mol. The average Bonchev–Trinajstić information content (AvgIpc) is 2.52. The van der Waals surface area contributed by atoms with Gasteiger partial charge in [-0.25, -0.2) is 4.98 Å². The minimum atomic E-state index is -0.0118. The molecule has 1 aliphatic rings. The highest BCUT2D eigenvalue weighted by molar-refractivity contribution is 5.98. The topological polar surface area (TPSA) is 54.0 Å². The molecule has 2 N–H and O–H groups in total. The van der Waals surface area contributed by atoms with E-state index in [9.17, 15) is 4.79 Å². The first-order valence-electron chi connectivity index (χ1n) is 7.78. The van der Waals surface area contributed by atoms with Gasteiger partial charge in [-0.05, 0) is 37.3 Å². The van der Waals surface area contributed by atoms with Crippen molar-refractivity contribution in [2.45, 2.75) is 45.4 Å². The predicted molar refractivity (Wildman–Crippen MR) is 81.9 cm³/mol. The predicted octanol–water partition coefficient (Wildman–Crippen LogP) is 3.21. The van der Waals surface area contributed by atoms with Crippen molar-refractivity contribution in [1.82, 2.24) is 10.3 Å². The summed E-state index contributed by atoms with van der Waals surface area (Å²) in [4.78, 5) is 16.5. The Balaban J connectivity index is 1.90. The van der Waals surface area contributed by atoms with Crippen molar-refractivity contribution in [1.29, 1.82) is 0 Å². The molecule has 0 bridgehead atoms. The van der Waals surface area contributed by atoms with Gasteiger partial charge in [0.15, 0.2) is 0 Å². The highest BCUT2D eigenvalue weighted by Crippen LogP contribution is 2.23. The van der Waals surface area contributed by atoms with E-state index in [0.717, 1.165) is 19.5 Å². The van der Waals surface area contributed by atoms with E-state index in [0.29, 0.717) is 17.3 Å². The quantitative estimate of drug-likeness (QED) is 0.838. The zero-order chi connectivity index (χ0) is 14.2. The van der Waals surface area contributed by atoms with E-state index >= 15 is 0 Å². The van der Waals surface area contributed by atoms with Crippen LogP contribution in [0.2, 0.25) is 0 Å². The van der Waals surface area contributed by atoms with Crippen LogP contribution in [0.25, 0.3) is 0 Å². The highest BCUT2D eigenvalue weighted by atomic mass is 16.1. The Morgan fingerprint density at radius 3 is 2.90 bits per heavy atom. The molecule has 0 aliphatic heterocycles. The van der Waals surface area contributed by atoms with E-state index in [4.69, 9.17) is 0 Å². The molecule has 20 heavy (non-hydrogen) atoms. The second-order valence-electron chi connectivity index (χ2n) is 5.54. The Morgan fingerprint density at radius 2 is 2.15 bits per heavy atom. The molecule has 4 heteroatoms. The van der Waals surface area contributed by atoms with Crippen LogP contribution in [0.15, 0.2) is 18.3 Å². The Morgan fingerprint density at radius 1 is 1.35 bits per heavy atom. The van der Waals surface area contributed by atoms with Crippen molar-refractivity contribution in [2.75, 3.05) is 18.4 Å². The third-order valence-electron chi connectivity index (χ3n) is 3.87. The lowest BCUT2D eigenvalue weighted by Crippen LogP contribution is -2.31. The third kappa shape index (κ3) is 4.22. The number of carbonyl (C=O) groups is 1. The van der Waals surface area contributed by atoms with Gasteiger partial charge in [0, 0.05) is 19.3 Å². The first-order chi connectivity index (χ1) is 9.81. The van der Waals surface area contributed by atoms with Crippen LogP contribution in [0.5, 0.6) is 0 Å². The second kappa shape index (κ2) is 7.88. The van der Waals surface area contributed by atoms with Crippen LogP contribution in [-0.2, 0) is 0 Å². The molecule has 1 fully saturated rings. The minimum Gasteiger partial charge on any atom is -0.369 e. The van der Waals surface area contributed by atoms with E-state index < -0.39 is 0 Å². The van der Waals surface area contributed by atoms with Gasteiger partial charge in [-0.15, -0.1) is 0 Å². The number of carbonyl (C=O) groups excluding carboxylic acids is 1. The molecule has 4 nitrogen and oxygen atoms in total. The summed E-state index contributed by atoms with van der Waals surface area (Å²) >= 11 is 0. The van der Waals surface area contributed by atoms with Crippen molar-refractivity contribution >= 4 is 11.7 Å². The number of hydrogen-bond acceptors (Lipinski definition) is 3. The maximum Gasteiger partial charge on any atom is 0.255 e. The first-order valence-corrected chi connectivity index (χ1v) is 7.78. The summed E-state index contributed by atoms with van der Waals surface area (Å²) < 4.78 is 0. The van der Waals surface area contributed by atoms with Gasteiger partial charge in [0.2, 0.25) is 0 Å². The largest absolute Gasteiger partial charge is 0.369 e. The fourth-order valence-corrected chi connectivity index (χ4v) is 2.70. The monoisotopic (exact) mass is 275 g/mol. The average molecular weight is 275 g/mol. The van der Waals surface area contributed by atoms with Gasteiger partial charge in [0.05, 0.1) is 5.56 Å². The zero-order valence-corrected chi connectivity index (χ0v) is 12.3. The molecule has 0 spiro atoms. The first kappa shape index (κ1) is 14.8. The summed E-state index contributed by atoms with van der Waals surface area (Å²) in [5.41, 5.74) is 0.650. The van der Waals surface area contributed by atoms with Gasteiger partial charge >= 0.3 is 0 Å². The molecule has 0 radical (unpaired) electrons. The van der Waals surface area contributed by atoms with E-state index in [1.54, 1.807) is 6.20 Å². The van der Waals surface area contributed by atoms with Gasteiger partial charge in [-0.2, -0.15) is 0 Å². The normalized spacial score (nSPS) is 15.8. The number of nitrogens with one attached hydrogen (secondary N) is 2. The number of amides is 1. The molecule has 1 saturated carbocycles. The summed E-state index contributed by atoms with van der Waals surface area (Å²) in [6, 6.07) is 3.65. The summed E-state index contributed by atoms with van der Waals surface area (Å²) in [6.45, 7) is 3.72. The second-order valence-corrected chi connectivity index (χ2v) is 5.54. The number of aromatic nitrogens is 1. The fourth-order valence-electron chi connectivity index (χ4n) is 2.70. The number of rotatable bonds is 6. The maximum atomic E-state index is 12.3. The summed E-state index contributed by atoms with van der Waals surface area (Å²) in [6.07, 6.45) is 9.17. The SMILES string of the molecule is CCCNc1ncccc1C(=O)NCC1CCCCC1. The van der Waals surface area contributed by atoms with Gasteiger partial charge < -0.3 is 10.6 Å². The molecule has 1 aromatic heterocycles. The molecule has 110 valence electrons. The highest BCUT2D eigenvalue weighted by Gasteiger charge is 2.16. The number of anilines is 1. The van der Waals surface area contributed by atoms with E-state index in [1.807, 2.05) is 12.1 Å². The van der Waals surface area contributed by atoms with Gasteiger partial charge in [0.25, 0.3) is 5.91 Å². The van der Waals surface area contributed by atoms with Crippen molar-refractivity contribution in [3.63, 3.8) is 0 Å².